The van der Waals surface area contributed by atoms with Gasteiger partial charge in [0.15, 0.2) is 0 Å². The van der Waals surface area contributed by atoms with Gasteiger partial charge in [0, 0.05) is 43.6 Å². The zero-order valence-corrected chi connectivity index (χ0v) is 12.5. The summed E-state index contributed by atoms with van der Waals surface area (Å²) in [6.07, 6.45) is 6.96. The van der Waals surface area contributed by atoms with Gasteiger partial charge in [-0.25, -0.2) is 9.97 Å². The molecular weight excluding hydrogens is 266 g/mol. The predicted octanol–water partition coefficient (Wildman–Crippen LogP) is 2.19. The quantitative estimate of drug-likeness (QED) is 0.913. The molecule has 0 amide bonds. The van der Waals surface area contributed by atoms with Gasteiger partial charge in [-0.2, -0.15) is 5.10 Å². The molecule has 6 nitrogen and oxygen atoms in total. The van der Waals surface area contributed by atoms with Gasteiger partial charge in [-0.05, 0) is 26.3 Å². The van der Waals surface area contributed by atoms with Crippen molar-refractivity contribution in [2.75, 3.05) is 18.5 Å². The summed E-state index contributed by atoms with van der Waals surface area (Å²) in [4.78, 5) is 8.48. The molecule has 0 aromatic carbocycles. The molecule has 1 aliphatic rings. The Kier molecular flexibility index (Phi) is 4.15. The molecule has 0 radical (unpaired) electrons. The third kappa shape index (κ3) is 3.21. The average Bonchev–Trinajstić information content (AvgIpc) is 3.13. The summed E-state index contributed by atoms with van der Waals surface area (Å²) in [7, 11) is 0. The summed E-state index contributed by atoms with van der Waals surface area (Å²) in [6, 6.07) is 1.90. The highest BCUT2D eigenvalue weighted by Gasteiger charge is 2.30. The van der Waals surface area contributed by atoms with Crippen molar-refractivity contribution in [3.8, 4) is 0 Å². The maximum atomic E-state index is 5.90. The summed E-state index contributed by atoms with van der Waals surface area (Å²) in [6.45, 7) is 6.51. The minimum absolute atomic E-state index is 0.126. The number of hydrogen-bond acceptors (Lipinski definition) is 5. The van der Waals surface area contributed by atoms with Crippen molar-refractivity contribution in [3.63, 3.8) is 0 Å². The number of hydrogen-bond donors (Lipinski definition) is 1. The summed E-state index contributed by atoms with van der Waals surface area (Å²) >= 11 is 0. The number of rotatable bonds is 5. The molecule has 21 heavy (non-hydrogen) atoms. The molecule has 2 aromatic rings. The maximum absolute atomic E-state index is 5.90. The molecule has 6 heteroatoms. The maximum Gasteiger partial charge on any atom is 0.129 e. The third-order valence-electron chi connectivity index (χ3n) is 3.84. The summed E-state index contributed by atoms with van der Waals surface area (Å²) in [5.41, 5.74) is 1.17. The highest BCUT2D eigenvalue weighted by molar-refractivity contribution is 5.33. The van der Waals surface area contributed by atoms with Crippen LogP contribution in [0, 0.1) is 12.8 Å². The van der Waals surface area contributed by atoms with E-state index in [1.807, 2.05) is 23.9 Å². The van der Waals surface area contributed by atoms with E-state index < -0.39 is 0 Å². The molecule has 0 spiro atoms. The topological polar surface area (TPSA) is 64.9 Å². The second kappa shape index (κ2) is 6.22. The molecular formula is C15H21N5O. The molecule has 2 atom stereocenters. The van der Waals surface area contributed by atoms with E-state index in [0.29, 0.717) is 5.92 Å². The van der Waals surface area contributed by atoms with Gasteiger partial charge in [-0.1, -0.05) is 0 Å². The normalized spacial score (nSPS) is 21.6. The third-order valence-corrected chi connectivity index (χ3v) is 3.84. The van der Waals surface area contributed by atoms with Gasteiger partial charge in [-0.3, -0.25) is 4.68 Å². The van der Waals surface area contributed by atoms with Crippen LogP contribution in [0.5, 0.6) is 0 Å². The van der Waals surface area contributed by atoms with Crippen LogP contribution in [-0.2, 0) is 11.3 Å². The molecule has 1 fully saturated rings. The molecule has 0 bridgehead atoms. The first-order valence-corrected chi connectivity index (χ1v) is 7.43. The fraction of sp³-hybridized carbons (Fsp3) is 0.533. The van der Waals surface area contributed by atoms with Crippen molar-refractivity contribution in [2.24, 2.45) is 5.92 Å². The van der Waals surface area contributed by atoms with E-state index in [2.05, 4.69) is 33.5 Å². The lowest BCUT2D eigenvalue weighted by molar-refractivity contribution is 0.0932. The zero-order chi connectivity index (χ0) is 14.7. The van der Waals surface area contributed by atoms with Gasteiger partial charge in [0.25, 0.3) is 0 Å². The van der Waals surface area contributed by atoms with E-state index in [1.165, 1.54) is 5.56 Å². The molecule has 112 valence electrons. The summed E-state index contributed by atoms with van der Waals surface area (Å²) in [5, 5.41) is 7.73. The van der Waals surface area contributed by atoms with Gasteiger partial charge in [0.1, 0.15) is 11.6 Å². The Bertz CT molecular complexity index is 597. The molecule has 0 aliphatic carbocycles. The SMILES string of the molecule is CCn1cc([C@@H]2OCC[C@H]2CNc2ccnc(C)n2)cn1. The van der Waals surface area contributed by atoms with Gasteiger partial charge in [0.05, 0.1) is 12.3 Å². The number of aryl methyl sites for hydroxylation is 2. The Morgan fingerprint density at radius 2 is 2.38 bits per heavy atom. The van der Waals surface area contributed by atoms with Crippen LogP contribution in [0.15, 0.2) is 24.7 Å². The summed E-state index contributed by atoms with van der Waals surface area (Å²) in [5.74, 6) is 2.09. The van der Waals surface area contributed by atoms with E-state index in [9.17, 15) is 0 Å². The van der Waals surface area contributed by atoms with Crippen LogP contribution in [0.1, 0.15) is 30.8 Å². The first kappa shape index (κ1) is 14.0. The smallest absolute Gasteiger partial charge is 0.129 e. The highest BCUT2D eigenvalue weighted by atomic mass is 16.5. The van der Waals surface area contributed by atoms with E-state index in [-0.39, 0.29) is 6.10 Å². The van der Waals surface area contributed by atoms with Crippen molar-refractivity contribution >= 4 is 5.82 Å². The van der Waals surface area contributed by atoms with Crippen molar-refractivity contribution in [1.29, 1.82) is 0 Å². The Morgan fingerprint density at radius 1 is 1.48 bits per heavy atom. The largest absolute Gasteiger partial charge is 0.373 e. The second-order valence-corrected chi connectivity index (χ2v) is 5.34. The number of nitrogens with one attached hydrogen (secondary N) is 1. The average molecular weight is 287 g/mol. The van der Waals surface area contributed by atoms with E-state index in [1.54, 1.807) is 6.20 Å². The molecule has 3 rings (SSSR count). The lowest BCUT2D eigenvalue weighted by atomic mass is 9.97. The van der Waals surface area contributed by atoms with Gasteiger partial charge < -0.3 is 10.1 Å². The van der Waals surface area contributed by atoms with Crippen molar-refractivity contribution in [1.82, 2.24) is 19.7 Å². The van der Waals surface area contributed by atoms with E-state index >= 15 is 0 Å². The Hall–Kier alpha value is -1.95. The van der Waals surface area contributed by atoms with Gasteiger partial charge >= 0.3 is 0 Å². The monoisotopic (exact) mass is 287 g/mol. The first-order valence-electron chi connectivity index (χ1n) is 7.43. The Labute approximate surface area is 124 Å². The zero-order valence-electron chi connectivity index (χ0n) is 12.5. The fourth-order valence-electron chi connectivity index (χ4n) is 2.70. The van der Waals surface area contributed by atoms with Crippen LogP contribution in [0.4, 0.5) is 5.82 Å². The van der Waals surface area contributed by atoms with E-state index in [0.717, 1.165) is 37.8 Å². The van der Waals surface area contributed by atoms with Crippen LogP contribution in [-0.4, -0.2) is 32.9 Å². The van der Waals surface area contributed by atoms with Gasteiger partial charge in [-0.15, -0.1) is 0 Å². The van der Waals surface area contributed by atoms with Crippen LogP contribution in [0.3, 0.4) is 0 Å². The Balaban J connectivity index is 1.64. The Morgan fingerprint density at radius 3 is 3.14 bits per heavy atom. The molecule has 0 unspecified atom stereocenters. The molecule has 1 aliphatic heterocycles. The highest BCUT2D eigenvalue weighted by Crippen LogP contribution is 2.34. The molecule has 1 N–H and O–H groups in total. The predicted molar refractivity (Wildman–Crippen MR) is 80.0 cm³/mol. The molecule has 3 heterocycles. The number of anilines is 1. The van der Waals surface area contributed by atoms with Crippen molar-refractivity contribution < 1.29 is 4.74 Å². The second-order valence-electron chi connectivity index (χ2n) is 5.34. The minimum atomic E-state index is 0.126. The lowest BCUT2D eigenvalue weighted by Crippen LogP contribution is -2.18. The molecule has 2 aromatic heterocycles. The first-order chi connectivity index (χ1) is 10.3. The van der Waals surface area contributed by atoms with Crippen molar-refractivity contribution in [3.05, 3.63) is 36.0 Å². The minimum Gasteiger partial charge on any atom is -0.373 e. The fourth-order valence-corrected chi connectivity index (χ4v) is 2.70. The molecule has 1 saturated heterocycles. The van der Waals surface area contributed by atoms with Crippen LogP contribution in [0.25, 0.3) is 0 Å². The van der Waals surface area contributed by atoms with Crippen molar-refractivity contribution in [2.45, 2.75) is 32.9 Å². The van der Waals surface area contributed by atoms with Crippen LogP contribution >= 0.6 is 0 Å². The number of ether oxygens (including phenoxy) is 1. The lowest BCUT2D eigenvalue weighted by Gasteiger charge is -2.18. The van der Waals surface area contributed by atoms with Crippen LogP contribution < -0.4 is 5.32 Å². The number of nitrogens with zero attached hydrogens (tertiary/aromatic N) is 4. The number of aromatic nitrogens is 4. The van der Waals surface area contributed by atoms with Gasteiger partial charge in [0.2, 0.25) is 0 Å². The van der Waals surface area contributed by atoms with Crippen LogP contribution in [0.2, 0.25) is 0 Å². The molecule has 0 saturated carbocycles. The summed E-state index contributed by atoms with van der Waals surface area (Å²) < 4.78 is 7.84. The van der Waals surface area contributed by atoms with E-state index in [4.69, 9.17) is 4.74 Å². The standard InChI is InChI=1S/C15H21N5O/c1-3-20-10-13(9-18-20)15-12(5-7-21-15)8-17-14-4-6-16-11(2)19-14/h4,6,9-10,12,15H,3,5,7-8H2,1-2H3,(H,16,17,19)/t12-,15+/m0/s1.